The second kappa shape index (κ2) is 11.1. The fourth-order valence-corrected chi connectivity index (χ4v) is 5.18. The Morgan fingerprint density at radius 3 is 1.77 bits per heavy atom. The van der Waals surface area contributed by atoms with E-state index in [-0.39, 0.29) is 16.5 Å². The summed E-state index contributed by atoms with van der Waals surface area (Å²) < 4.78 is 99.7. The Kier molecular flexibility index (Phi) is 7.22. The number of aromatic nitrogens is 1. The van der Waals surface area contributed by atoms with Crippen LogP contribution in [-0.4, -0.2) is 11.2 Å². The van der Waals surface area contributed by atoms with Gasteiger partial charge in [-0.05, 0) is 74.1 Å². The van der Waals surface area contributed by atoms with Crippen molar-refractivity contribution < 1.29 is 29.1 Å². The number of fused-ring (bicyclic) bond motifs is 1. The number of halogens is 6. The van der Waals surface area contributed by atoms with E-state index in [0.717, 1.165) is 36.4 Å². The highest BCUT2D eigenvalue weighted by Crippen LogP contribution is 2.42. The van der Waals surface area contributed by atoms with Crippen molar-refractivity contribution in [3.63, 3.8) is 0 Å². The third-order valence-electron chi connectivity index (χ3n) is 7.75. The molecule has 4 aromatic carbocycles. The lowest BCUT2D eigenvalue weighted by Gasteiger charge is -2.27. The quantitative estimate of drug-likeness (QED) is 0.181. The van der Waals surface area contributed by atoms with Crippen molar-refractivity contribution >= 4 is 10.8 Å². The maximum atomic E-state index is 14.2. The fraction of sp³-hybridized carbons (Fsp3) is 0.270. The summed E-state index contributed by atoms with van der Waals surface area (Å²) in [6, 6.07) is 25.2. The zero-order valence-electron chi connectivity index (χ0n) is 27.0. The number of alkyl halides is 6. The molecule has 0 bridgehead atoms. The number of rotatable bonds is 5. The van der Waals surface area contributed by atoms with Crippen LogP contribution in [0.25, 0.3) is 44.3 Å². The molecule has 228 valence electrons. The van der Waals surface area contributed by atoms with Gasteiger partial charge in [0.05, 0.1) is 16.7 Å². The van der Waals surface area contributed by atoms with Crippen molar-refractivity contribution in [1.82, 2.24) is 4.98 Å². The van der Waals surface area contributed by atoms with Gasteiger partial charge in [-0.25, -0.2) is 0 Å². The van der Waals surface area contributed by atoms with E-state index >= 15 is 0 Å². The van der Waals surface area contributed by atoms with Crippen LogP contribution in [-0.2, 0) is 18.0 Å². The fourth-order valence-electron chi connectivity index (χ4n) is 5.18. The zero-order chi connectivity index (χ0) is 33.9. The molecule has 0 saturated carbocycles. The molecule has 1 nitrogen and oxygen atoms in total. The molecule has 0 aliphatic heterocycles. The van der Waals surface area contributed by atoms with Crippen molar-refractivity contribution in [2.24, 2.45) is 5.41 Å². The smallest absolute Gasteiger partial charge is 0.256 e. The minimum atomic E-state index is -4.77. The standard InChI is InChI=1S/C37H33F6N/c1-34(2,3)31-19-28(18-27-8-6-7-9-29(27)31)33-20-30(32(22-44-33)36(38,39)40)26-16-14-25(15-17-26)24-12-10-23(11-13-24)21-35(4,5)37(41,42)43/h6-20,22H,21H2,1-5H3/i21D2. The first kappa shape index (κ1) is 28.6. The Hall–Kier alpha value is -4.13. The first-order valence-corrected chi connectivity index (χ1v) is 14.1. The lowest BCUT2D eigenvalue weighted by atomic mass is 9.82. The molecule has 0 amide bonds. The van der Waals surface area contributed by atoms with Crippen LogP contribution < -0.4 is 0 Å². The Morgan fingerprint density at radius 2 is 1.20 bits per heavy atom. The average Bonchev–Trinajstić information content (AvgIpc) is 2.99. The van der Waals surface area contributed by atoms with Crippen LogP contribution in [0.4, 0.5) is 26.3 Å². The lowest BCUT2D eigenvalue weighted by molar-refractivity contribution is -0.211. The summed E-state index contributed by atoms with van der Waals surface area (Å²) in [5, 5.41) is 2.02. The minimum Gasteiger partial charge on any atom is -0.256 e. The van der Waals surface area contributed by atoms with E-state index in [9.17, 15) is 26.3 Å². The van der Waals surface area contributed by atoms with E-state index in [1.807, 2.05) is 36.4 Å². The van der Waals surface area contributed by atoms with Crippen LogP contribution in [0.2, 0.25) is 0 Å². The first-order valence-electron chi connectivity index (χ1n) is 15.1. The molecule has 5 rings (SSSR count). The van der Waals surface area contributed by atoms with E-state index in [1.54, 1.807) is 24.3 Å². The predicted molar refractivity (Wildman–Crippen MR) is 165 cm³/mol. The molecule has 0 atom stereocenters. The van der Waals surface area contributed by atoms with Crippen molar-refractivity contribution in [3.8, 4) is 33.5 Å². The summed E-state index contributed by atoms with van der Waals surface area (Å²) >= 11 is 0. The molecule has 0 N–H and O–H groups in total. The predicted octanol–water partition coefficient (Wildman–Crippen LogP) is 11.7. The van der Waals surface area contributed by atoms with Gasteiger partial charge in [0.1, 0.15) is 0 Å². The monoisotopic (exact) mass is 607 g/mol. The van der Waals surface area contributed by atoms with Gasteiger partial charge >= 0.3 is 12.4 Å². The molecule has 0 spiro atoms. The van der Waals surface area contributed by atoms with E-state index in [4.69, 9.17) is 2.74 Å². The van der Waals surface area contributed by atoms with Gasteiger partial charge < -0.3 is 0 Å². The highest BCUT2D eigenvalue weighted by Gasteiger charge is 2.47. The number of pyridine rings is 1. The maximum Gasteiger partial charge on any atom is 0.418 e. The largest absolute Gasteiger partial charge is 0.418 e. The Balaban J connectivity index is 1.54. The molecule has 1 aromatic heterocycles. The van der Waals surface area contributed by atoms with E-state index in [1.165, 1.54) is 30.3 Å². The summed E-state index contributed by atoms with van der Waals surface area (Å²) in [7, 11) is 0. The molecule has 0 aliphatic rings. The van der Waals surface area contributed by atoms with Crippen LogP contribution in [0.15, 0.2) is 97.2 Å². The molecular formula is C37H33F6N. The zero-order valence-corrected chi connectivity index (χ0v) is 25.0. The number of benzene rings is 4. The van der Waals surface area contributed by atoms with E-state index in [2.05, 4.69) is 25.8 Å². The molecule has 0 unspecified atom stereocenters. The van der Waals surface area contributed by atoms with Crippen LogP contribution in [0.5, 0.6) is 0 Å². The molecule has 44 heavy (non-hydrogen) atoms. The second-order valence-corrected chi connectivity index (χ2v) is 12.5. The van der Waals surface area contributed by atoms with Gasteiger partial charge in [0.25, 0.3) is 0 Å². The van der Waals surface area contributed by atoms with Crippen LogP contribution in [0.3, 0.4) is 0 Å². The second-order valence-electron chi connectivity index (χ2n) is 12.5. The van der Waals surface area contributed by atoms with Gasteiger partial charge in [-0.1, -0.05) is 107 Å². The highest BCUT2D eigenvalue weighted by atomic mass is 19.4. The molecule has 0 aliphatic carbocycles. The summed E-state index contributed by atoms with van der Waals surface area (Å²) in [6.07, 6.45) is -11.3. The Labute approximate surface area is 256 Å². The molecule has 0 fully saturated rings. The SMILES string of the molecule is [2H]C([2H])(c1ccc(-c2ccc(-c3cc(-c4cc(C(C)(C)C)c5ccccc5c4)ncc3C(F)(F)F)cc2)cc1)C(C)(C)C(F)(F)F. The minimum absolute atomic E-state index is 0.0348. The van der Waals surface area contributed by atoms with Gasteiger partial charge in [0.2, 0.25) is 0 Å². The van der Waals surface area contributed by atoms with E-state index < -0.39 is 29.7 Å². The van der Waals surface area contributed by atoms with Crippen molar-refractivity contribution in [3.05, 3.63) is 114 Å². The Morgan fingerprint density at radius 1 is 0.636 bits per heavy atom. The number of hydrogen-bond donors (Lipinski definition) is 0. The highest BCUT2D eigenvalue weighted by molar-refractivity contribution is 5.91. The van der Waals surface area contributed by atoms with Gasteiger partial charge in [0, 0.05) is 14.5 Å². The van der Waals surface area contributed by atoms with Crippen LogP contribution in [0.1, 0.15) is 54.1 Å². The topological polar surface area (TPSA) is 12.9 Å². The van der Waals surface area contributed by atoms with Gasteiger partial charge in [-0.15, -0.1) is 0 Å². The van der Waals surface area contributed by atoms with E-state index in [0.29, 0.717) is 27.9 Å². The van der Waals surface area contributed by atoms with Crippen molar-refractivity contribution in [2.45, 2.75) is 58.8 Å². The molecular weight excluding hydrogens is 572 g/mol. The number of hydrogen-bond acceptors (Lipinski definition) is 1. The molecule has 1 heterocycles. The number of nitrogens with zero attached hydrogens (tertiary/aromatic N) is 1. The van der Waals surface area contributed by atoms with Crippen LogP contribution >= 0.6 is 0 Å². The average molecular weight is 608 g/mol. The molecule has 0 saturated heterocycles. The molecule has 5 aromatic rings. The summed E-state index contributed by atoms with van der Waals surface area (Å²) in [4.78, 5) is 4.24. The third-order valence-corrected chi connectivity index (χ3v) is 7.75. The molecule has 7 heteroatoms. The Bertz CT molecular complexity index is 1880. The lowest BCUT2D eigenvalue weighted by Crippen LogP contribution is -2.34. The van der Waals surface area contributed by atoms with Gasteiger partial charge in [-0.2, -0.15) is 26.3 Å². The first-order chi connectivity index (χ1) is 21.2. The summed E-state index contributed by atoms with van der Waals surface area (Å²) in [5.41, 5.74) is -0.250. The van der Waals surface area contributed by atoms with Gasteiger partial charge in [0.15, 0.2) is 0 Å². The van der Waals surface area contributed by atoms with Gasteiger partial charge in [-0.3, -0.25) is 4.98 Å². The molecule has 0 radical (unpaired) electrons. The normalized spacial score (nSPS) is 14.0. The van der Waals surface area contributed by atoms with Crippen molar-refractivity contribution in [2.75, 3.05) is 0 Å². The van der Waals surface area contributed by atoms with Crippen LogP contribution in [0, 0.1) is 5.41 Å². The maximum absolute atomic E-state index is 14.2. The summed E-state index contributed by atoms with van der Waals surface area (Å²) in [5.74, 6) is 0. The third kappa shape index (κ3) is 6.37. The summed E-state index contributed by atoms with van der Waals surface area (Å²) in [6.45, 7) is 7.89. The van der Waals surface area contributed by atoms with Crippen molar-refractivity contribution in [1.29, 1.82) is 0 Å².